The molecule has 32 heteroatoms. The van der Waals surface area contributed by atoms with Crippen LogP contribution in [-0.2, 0) is 78.5 Å². The Morgan fingerprint density at radius 2 is 1.37 bits per heavy atom. The number of carboxylic acids is 3. The van der Waals surface area contributed by atoms with Crippen LogP contribution < -0.4 is 27.0 Å². The second-order valence-electron chi connectivity index (χ2n) is 22.8. The number of nitrogens with two attached hydrogens (primary N) is 1. The number of rotatable bonds is 37. The molecule has 1 aromatic heterocycles. The summed E-state index contributed by atoms with van der Waals surface area (Å²) in [5.74, 6) is -15.0. The molecule has 1 fully saturated rings. The van der Waals surface area contributed by atoms with Crippen molar-refractivity contribution in [2.24, 2.45) is 17.1 Å². The summed E-state index contributed by atoms with van der Waals surface area (Å²) in [5.41, 5.74) is 6.50. The summed E-state index contributed by atoms with van der Waals surface area (Å²) >= 11 is 1.14. The summed E-state index contributed by atoms with van der Waals surface area (Å²) in [7, 11) is 0. The fraction of sp³-hybridized carbons (Fsp3) is 0.508. The second-order valence-corrected chi connectivity index (χ2v) is 23.9. The first-order chi connectivity index (χ1) is 43.5. The number of unbranched alkanes of at least 4 members (excludes halogenated alkanes) is 1. The first kappa shape index (κ1) is 78.1. The Bertz CT molecular complexity index is 3180. The summed E-state index contributed by atoms with van der Waals surface area (Å²) in [6.45, 7) is 8.65. The molecule has 3 aromatic rings. The van der Waals surface area contributed by atoms with Crippen LogP contribution in [0.4, 0.5) is 22.0 Å². The fourth-order valence-corrected chi connectivity index (χ4v) is 10.1. The molecule has 5 atom stereocenters. The lowest BCUT2D eigenvalue weighted by Crippen LogP contribution is -2.46. The smallest absolute Gasteiger partial charge is 0.481 e. The summed E-state index contributed by atoms with van der Waals surface area (Å²) in [6.07, 6.45) is -6.14. The van der Waals surface area contributed by atoms with E-state index in [0.717, 1.165) is 35.5 Å². The van der Waals surface area contributed by atoms with E-state index in [2.05, 4.69) is 21.3 Å². The van der Waals surface area contributed by atoms with Crippen molar-refractivity contribution in [2.45, 2.75) is 161 Å². The van der Waals surface area contributed by atoms with Gasteiger partial charge in [0.25, 0.3) is 11.8 Å². The van der Waals surface area contributed by atoms with E-state index >= 15 is 4.39 Å². The zero-order valence-corrected chi connectivity index (χ0v) is 52.6. The van der Waals surface area contributed by atoms with E-state index in [1.165, 1.54) is 13.8 Å². The molecule has 0 radical (unpaired) electrons. The largest absolute Gasteiger partial charge is 0.490 e. The van der Waals surface area contributed by atoms with Crippen molar-refractivity contribution in [2.75, 3.05) is 24.6 Å². The Balaban J connectivity index is 0.00000304. The minimum Gasteiger partial charge on any atom is -0.481 e. The van der Waals surface area contributed by atoms with Gasteiger partial charge in [-0.2, -0.15) is 24.9 Å². The molecule has 510 valence electrons. The number of benzene rings is 2. The molecule has 1 saturated heterocycles. The van der Waals surface area contributed by atoms with Crippen LogP contribution in [0.2, 0.25) is 0 Å². The Hall–Kier alpha value is -9.10. The summed E-state index contributed by atoms with van der Waals surface area (Å²) in [6, 6.07) is 9.46. The topological polar surface area (TPSA) is 394 Å². The van der Waals surface area contributed by atoms with E-state index in [1.807, 2.05) is 55.7 Å². The minimum absolute atomic E-state index is 0.0142. The molecule has 4 rings (SSSR count). The second kappa shape index (κ2) is 37.4. The molecule has 0 saturated carbocycles. The molecule has 1 aliphatic rings. The van der Waals surface area contributed by atoms with Crippen LogP contribution >= 0.6 is 11.8 Å². The van der Waals surface area contributed by atoms with Gasteiger partial charge in [0.2, 0.25) is 35.4 Å². The number of amides is 8. The predicted octanol–water partition coefficient (Wildman–Crippen LogP) is 5.07. The van der Waals surface area contributed by atoms with E-state index in [9.17, 15) is 85.0 Å². The first-order valence-corrected chi connectivity index (χ1v) is 30.5. The number of carboxylic acid groups (broad SMARTS) is 3. The molecular formula is C61H77F5N8O18S. The molecule has 26 nitrogen and oxygen atoms in total. The maximum atomic E-state index is 15.5. The van der Waals surface area contributed by atoms with Crippen LogP contribution in [0.5, 0.6) is 0 Å². The van der Waals surface area contributed by atoms with E-state index in [4.69, 9.17) is 25.6 Å². The summed E-state index contributed by atoms with van der Waals surface area (Å²) in [4.78, 5) is 178. The number of thioether (sulfide) groups is 1. The Morgan fingerprint density at radius 1 is 0.731 bits per heavy atom. The highest BCUT2D eigenvalue weighted by atomic mass is 32.2. The van der Waals surface area contributed by atoms with E-state index in [-0.39, 0.29) is 120 Å². The van der Waals surface area contributed by atoms with Gasteiger partial charge in [-0.15, -0.1) is 5.06 Å². The van der Waals surface area contributed by atoms with Crippen LogP contribution in [0.15, 0.2) is 60.8 Å². The molecule has 0 bridgehead atoms. The van der Waals surface area contributed by atoms with Gasteiger partial charge < -0.3 is 56.6 Å². The van der Waals surface area contributed by atoms with Gasteiger partial charge in [0.05, 0.1) is 30.3 Å². The molecule has 1 aliphatic heterocycles. The molecule has 2 heterocycles. The Labute approximate surface area is 535 Å². The number of hydroxylamine groups is 2. The van der Waals surface area contributed by atoms with Gasteiger partial charge in [-0.05, 0) is 67.9 Å². The number of imide groups is 1. The van der Waals surface area contributed by atoms with Crippen LogP contribution in [0.25, 0.3) is 11.1 Å². The van der Waals surface area contributed by atoms with Crippen molar-refractivity contribution in [1.29, 1.82) is 0 Å². The highest BCUT2D eigenvalue weighted by Gasteiger charge is 2.39. The zero-order valence-electron chi connectivity index (χ0n) is 51.8. The van der Waals surface area contributed by atoms with Crippen molar-refractivity contribution in [1.82, 2.24) is 35.8 Å². The van der Waals surface area contributed by atoms with Crippen molar-refractivity contribution in [3.05, 3.63) is 83.7 Å². The Morgan fingerprint density at radius 3 is 1.96 bits per heavy atom. The van der Waals surface area contributed by atoms with Crippen LogP contribution in [0.1, 0.15) is 142 Å². The van der Waals surface area contributed by atoms with E-state index in [0.29, 0.717) is 16.3 Å². The number of aliphatic carboxylic acids is 3. The average Bonchev–Trinajstić information content (AvgIpc) is 2.45. The molecule has 9 N–H and O–H groups in total. The Kier molecular flexibility index (Phi) is 31.4. The molecule has 2 aromatic carbocycles. The highest BCUT2D eigenvalue weighted by Crippen LogP contribution is 2.42. The quantitative estimate of drug-likeness (QED) is 0.0212. The lowest BCUT2D eigenvalue weighted by Gasteiger charge is -2.41. The van der Waals surface area contributed by atoms with Crippen molar-refractivity contribution >= 4 is 94.5 Å². The maximum absolute atomic E-state index is 15.5. The third kappa shape index (κ3) is 27.7. The van der Waals surface area contributed by atoms with Crippen LogP contribution in [0, 0.1) is 23.0 Å². The highest BCUT2D eigenvalue weighted by molar-refractivity contribution is 7.99. The number of aromatic nitrogens is 1. The van der Waals surface area contributed by atoms with Gasteiger partial charge in [0, 0.05) is 112 Å². The van der Waals surface area contributed by atoms with E-state index in [1.54, 1.807) is 17.2 Å². The average molecular weight is 1340 g/mol. The molecule has 0 aliphatic carbocycles. The molecule has 0 spiro atoms. The van der Waals surface area contributed by atoms with Gasteiger partial charge in [-0.25, -0.2) is 23.2 Å². The number of ketones is 2. The third-order valence-electron chi connectivity index (χ3n) is 14.0. The maximum Gasteiger partial charge on any atom is 0.490 e. The number of hydrogen-bond acceptors (Lipinski definition) is 16. The zero-order chi connectivity index (χ0) is 69.9. The number of carbonyl (C=O) groups excluding carboxylic acids is 11. The van der Waals surface area contributed by atoms with Gasteiger partial charge in [0.1, 0.15) is 17.7 Å². The first-order valence-electron chi connectivity index (χ1n) is 29.4. The minimum atomic E-state index is -5.08. The molecule has 93 heavy (non-hydrogen) atoms. The van der Waals surface area contributed by atoms with Crippen molar-refractivity contribution in [3.8, 4) is 11.1 Å². The summed E-state index contributed by atoms with van der Waals surface area (Å²) < 4.78 is 63.8. The normalized spacial score (nSPS) is 13.8. The number of nitrogens with one attached hydrogen (secondary N) is 4. The number of primary amides is 1. The van der Waals surface area contributed by atoms with Gasteiger partial charge in [0.15, 0.2) is 11.6 Å². The number of nitrogens with zero attached hydrogens (tertiary/aromatic N) is 3. The van der Waals surface area contributed by atoms with E-state index < -0.39 is 143 Å². The number of alkyl halides is 3. The number of carbonyl (C=O) groups is 14. The molecular weight excluding hydrogens is 1260 g/mol. The third-order valence-corrected chi connectivity index (χ3v) is 14.9. The lowest BCUT2D eigenvalue weighted by atomic mass is 9.82. The summed E-state index contributed by atoms with van der Waals surface area (Å²) in [5, 5.41) is 35.6. The van der Waals surface area contributed by atoms with Crippen molar-refractivity contribution < 1.29 is 109 Å². The lowest BCUT2D eigenvalue weighted by molar-refractivity contribution is -0.197. The molecule has 8 amide bonds. The van der Waals surface area contributed by atoms with Crippen LogP contribution in [-0.4, -0.2) is 161 Å². The number of Topliss-reactive ketones (excluding diaryl/α,β-unsaturated/α-hetero) is 2. The van der Waals surface area contributed by atoms with Gasteiger partial charge in [-0.1, -0.05) is 58.0 Å². The monoisotopic (exact) mass is 1340 g/mol. The fourth-order valence-electron chi connectivity index (χ4n) is 9.29. The van der Waals surface area contributed by atoms with Crippen LogP contribution in [0.3, 0.4) is 0 Å². The van der Waals surface area contributed by atoms with Gasteiger partial charge >= 0.3 is 30.1 Å². The number of hydrogen-bond donors (Lipinski definition) is 8. The van der Waals surface area contributed by atoms with Crippen molar-refractivity contribution in [3.63, 3.8) is 0 Å². The molecule has 0 unspecified atom stereocenters. The SMILES string of the molecule is C[C@H](NC(=O)CCCC(=O)ON1C(=O)CCC1=O)C(=O)C[C@H](C)C(=O)N[C@@H](CC(N)=O)C(=O)CCCCN(C(=O)CSCCC(=O)NCCC(=O)N[C@@H](CCC(=O)O)C(=O)O)[C@@H](c1cc(-c2cc(F)ccc2F)cn1Cc1ccccc1)C(C)(C)C.O=C(O)C(F)(F)F. The standard InChI is InChI=1S/C59H76F2N8O16S.C2HF3O2/c1-35(28-46(71)36(2)64-49(74)15-11-16-55(81)85-69-51(76)20-21-52(69)77)57(82)66-43(31-47(62)72)45(70)14-9-10-26-68(53(78)34-86-27-24-48(73)63-25-23-50(75)65-42(58(83)84)19-22-54(79)80)56(59(3,4)5)44-29-38(40-30-39(60)17-18-41(40)61)33-67(44)32-37-12-7-6-8-13-37;3-2(4,5)1(6)7/h6-8,12-13,17-18,29-30,33,35-36,42-43,56H,9-11,14-16,19-28,31-32,34H2,1-5H3,(H2,62,72)(H,63,73)(H,64,74)(H,65,75)(H,66,82)(H,79,80)(H,83,84);(H,6,7)/t35-,36-,42-,43-,56-;/m0./s1. The van der Waals surface area contributed by atoms with Gasteiger partial charge in [-0.3, -0.25) is 52.7 Å². The number of halogens is 5. The predicted molar refractivity (Wildman–Crippen MR) is 321 cm³/mol.